The number of nitrogens with zero attached hydrogens (tertiary/aromatic N) is 2. The van der Waals surface area contributed by atoms with Gasteiger partial charge < -0.3 is 9.88 Å². The van der Waals surface area contributed by atoms with Gasteiger partial charge in [0.1, 0.15) is 5.82 Å². The lowest BCUT2D eigenvalue weighted by Crippen LogP contribution is -2.48. The first-order valence-corrected chi connectivity index (χ1v) is 15.0. The first-order valence-electron chi connectivity index (χ1n) is 13.5. The summed E-state index contributed by atoms with van der Waals surface area (Å²) >= 11 is 0. The van der Waals surface area contributed by atoms with Crippen molar-refractivity contribution in [3.8, 4) is 0 Å². The Balaban J connectivity index is 1.17. The zero-order valence-corrected chi connectivity index (χ0v) is 23.2. The van der Waals surface area contributed by atoms with E-state index in [1.165, 1.54) is 17.3 Å². The van der Waals surface area contributed by atoms with E-state index in [0.717, 1.165) is 44.3 Å². The molecule has 0 saturated carbocycles. The molecule has 1 N–H and O–H groups in total. The van der Waals surface area contributed by atoms with Gasteiger partial charge in [-0.2, -0.15) is 0 Å². The second kappa shape index (κ2) is 10.7. The fourth-order valence-electron chi connectivity index (χ4n) is 5.81. The molecule has 0 atom stereocenters. The SMILES string of the molecule is CC(=C1CCN(C2CCN(C(=O)c3cccc4c(F)c[nH]c34)CC2)CC1)c1ccc(S(=O)(=O)C(C)C)cc1. The minimum atomic E-state index is -3.26. The maximum absolute atomic E-state index is 14.0. The van der Waals surface area contributed by atoms with Crippen molar-refractivity contribution in [2.24, 2.45) is 0 Å². The maximum Gasteiger partial charge on any atom is 0.255 e. The summed E-state index contributed by atoms with van der Waals surface area (Å²) in [6.45, 7) is 8.94. The predicted octanol–water partition coefficient (Wildman–Crippen LogP) is 5.66. The monoisotopic (exact) mass is 537 g/mol. The molecule has 2 saturated heterocycles. The molecule has 2 aliphatic heterocycles. The van der Waals surface area contributed by atoms with Gasteiger partial charge in [0.2, 0.25) is 0 Å². The molecule has 3 aromatic rings. The van der Waals surface area contributed by atoms with Gasteiger partial charge in [-0.05, 0) is 81.9 Å². The summed E-state index contributed by atoms with van der Waals surface area (Å²) in [7, 11) is -3.26. The lowest BCUT2D eigenvalue weighted by molar-refractivity contribution is 0.0610. The number of aromatic nitrogens is 1. The Morgan fingerprint density at radius 2 is 1.66 bits per heavy atom. The minimum absolute atomic E-state index is 0.0393. The van der Waals surface area contributed by atoms with Gasteiger partial charge in [0.15, 0.2) is 9.84 Å². The van der Waals surface area contributed by atoms with Crippen LogP contribution in [0.4, 0.5) is 4.39 Å². The number of likely N-dealkylation sites (tertiary alicyclic amines) is 2. The van der Waals surface area contributed by atoms with E-state index in [4.69, 9.17) is 0 Å². The molecule has 1 aromatic heterocycles. The minimum Gasteiger partial charge on any atom is -0.358 e. The molecule has 0 radical (unpaired) electrons. The van der Waals surface area contributed by atoms with Gasteiger partial charge >= 0.3 is 0 Å². The number of sulfone groups is 1. The van der Waals surface area contributed by atoms with E-state index in [0.29, 0.717) is 40.5 Å². The molecule has 0 aliphatic carbocycles. The molecular weight excluding hydrogens is 501 g/mol. The number of carbonyl (C=O) groups excluding carboxylic acids is 1. The molecule has 38 heavy (non-hydrogen) atoms. The number of para-hydroxylation sites is 1. The Morgan fingerprint density at radius 1 is 1.00 bits per heavy atom. The number of hydrogen-bond donors (Lipinski definition) is 1. The number of rotatable bonds is 5. The lowest BCUT2D eigenvalue weighted by Gasteiger charge is -2.41. The quantitative estimate of drug-likeness (QED) is 0.456. The summed E-state index contributed by atoms with van der Waals surface area (Å²) in [5.41, 5.74) is 4.86. The second-order valence-electron chi connectivity index (χ2n) is 10.8. The Kier molecular flexibility index (Phi) is 7.47. The first kappa shape index (κ1) is 26.6. The molecule has 5 rings (SSSR count). The van der Waals surface area contributed by atoms with E-state index in [1.54, 1.807) is 44.2 Å². The predicted molar refractivity (Wildman–Crippen MR) is 149 cm³/mol. The van der Waals surface area contributed by atoms with E-state index < -0.39 is 15.1 Å². The van der Waals surface area contributed by atoms with Crippen molar-refractivity contribution < 1.29 is 17.6 Å². The van der Waals surface area contributed by atoms with Crippen LogP contribution in [0.1, 0.15) is 62.4 Å². The summed E-state index contributed by atoms with van der Waals surface area (Å²) < 4.78 is 38.8. The Morgan fingerprint density at radius 3 is 2.29 bits per heavy atom. The van der Waals surface area contributed by atoms with Gasteiger partial charge in [-0.1, -0.05) is 23.8 Å². The zero-order valence-electron chi connectivity index (χ0n) is 22.3. The van der Waals surface area contributed by atoms with Crippen LogP contribution in [0.25, 0.3) is 16.5 Å². The number of allylic oxidation sites excluding steroid dienone is 1. The molecule has 1 amide bonds. The van der Waals surface area contributed by atoms with E-state index in [1.807, 2.05) is 17.0 Å². The Bertz CT molecular complexity index is 1460. The first-order chi connectivity index (χ1) is 18.2. The molecule has 8 heteroatoms. The highest BCUT2D eigenvalue weighted by Crippen LogP contribution is 2.30. The summed E-state index contributed by atoms with van der Waals surface area (Å²) in [5, 5.41) is 0.0229. The number of H-pyrrole nitrogens is 1. The van der Waals surface area contributed by atoms with Gasteiger partial charge in [-0.15, -0.1) is 0 Å². The lowest BCUT2D eigenvalue weighted by atomic mass is 9.92. The topological polar surface area (TPSA) is 73.5 Å². The molecule has 0 unspecified atom stereocenters. The molecule has 202 valence electrons. The molecule has 6 nitrogen and oxygen atoms in total. The third-order valence-corrected chi connectivity index (χ3v) is 10.5. The standard InChI is InChI=1S/C30H36FN3O3S/c1-20(2)38(36,37)25-9-7-22(8-10-25)21(3)23-11-15-33(16-12-23)24-13-17-34(18-14-24)30(35)27-6-4-5-26-28(31)19-32-29(26)27/h4-10,19-20,24,32H,11-18H2,1-3H3. The van der Waals surface area contributed by atoms with Crippen LogP contribution in [0, 0.1) is 5.82 Å². The highest BCUT2D eigenvalue weighted by molar-refractivity contribution is 7.92. The van der Waals surface area contributed by atoms with Gasteiger partial charge in [0.25, 0.3) is 5.91 Å². The molecule has 2 aromatic carbocycles. The van der Waals surface area contributed by atoms with Crippen molar-refractivity contribution in [2.75, 3.05) is 26.2 Å². The van der Waals surface area contributed by atoms with Crippen LogP contribution in [-0.4, -0.2) is 66.6 Å². The van der Waals surface area contributed by atoms with Crippen molar-refractivity contribution in [1.29, 1.82) is 0 Å². The van der Waals surface area contributed by atoms with Crippen LogP contribution >= 0.6 is 0 Å². The van der Waals surface area contributed by atoms with Gasteiger partial charge in [0.05, 0.1) is 21.2 Å². The van der Waals surface area contributed by atoms with E-state index in [-0.39, 0.29) is 11.7 Å². The maximum atomic E-state index is 14.0. The largest absolute Gasteiger partial charge is 0.358 e. The number of benzene rings is 2. The number of nitrogens with one attached hydrogen (secondary N) is 1. The number of piperidine rings is 2. The van der Waals surface area contributed by atoms with Crippen LogP contribution < -0.4 is 0 Å². The fraction of sp³-hybridized carbons (Fsp3) is 0.433. The summed E-state index contributed by atoms with van der Waals surface area (Å²) in [6, 6.07) is 13.0. The zero-order chi connectivity index (χ0) is 27.0. The van der Waals surface area contributed by atoms with Crippen molar-refractivity contribution in [3.63, 3.8) is 0 Å². The number of fused-ring (bicyclic) bond motifs is 1. The smallest absolute Gasteiger partial charge is 0.255 e. The molecule has 3 heterocycles. The van der Waals surface area contributed by atoms with Crippen LogP contribution in [0.3, 0.4) is 0 Å². The van der Waals surface area contributed by atoms with Crippen molar-refractivity contribution in [1.82, 2.24) is 14.8 Å². The van der Waals surface area contributed by atoms with Gasteiger partial charge in [-0.3, -0.25) is 9.69 Å². The van der Waals surface area contributed by atoms with Gasteiger partial charge in [-0.25, -0.2) is 12.8 Å². The average molecular weight is 538 g/mol. The highest BCUT2D eigenvalue weighted by atomic mass is 32.2. The molecule has 2 aliphatic rings. The van der Waals surface area contributed by atoms with Crippen LogP contribution in [0.5, 0.6) is 0 Å². The molecule has 0 bridgehead atoms. The fourth-order valence-corrected chi connectivity index (χ4v) is 6.87. The third-order valence-electron chi connectivity index (χ3n) is 8.33. The van der Waals surface area contributed by atoms with Crippen LogP contribution in [0.2, 0.25) is 0 Å². The summed E-state index contributed by atoms with van der Waals surface area (Å²) in [6.07, 6.45) is 5.17. The average Bonchev–Trinajstić information content (AvgIpc) is 3.33. The molecular formula is C30H36FN3O3S. The Labute approximate surface area is 224 Å². The third kappa shape index (κ3) is 5.04. The summed E-state index contributed by atoms with van der Waals surface area (Å²) in [5.74, 6) is -0.374. The van der Waals surface area contributed by atoms with Gasteiger partial charge in [0, 0.05) is 43.8 Å². The van der Waals surface area contributed by atoms with E-state index >= 15 is 0 Å². The number of halogens is 1. The van der Waals surface area contributed by atoms with Crippen molar-refractivity contribution >= 4 is 32.2 Å². The Hall–Kier alpha value is -2.97. The molecule has 2 fully saturated rings. The normalized spacial score (nSPS) is 17.9. The number of aromatic amines is 1. The van der Waals surface area contributed by atoms with E-state index in [9.17, 15) is 17.6 Å². The van der Waals surface area contributed by atoms with Crippen molar-refractivity contribution in [3.05, 3.63) is 71.2 Å². The number of carbonyl (C=O) groups is 1. The van der Waals surface area contributed by atoms with Crippen LogP contribution in [0.15, 0.2) is 59.1 Å². The summed E-state index contributed by atoms with van der Waals surface area (Å²) in [4.78, 5) is 20.9. The number of hydrogen-bond acceptors (Lipinski definition) is 4. The van der Waals surface area contributed by atoms with Crippen LogP contribution in [-0.2, 0) is 9.84 Å². The number of amides is 1. The van der Waals surface area contributed by atoms with E-state index in [2.05, 4.69) is 16.8 Å². The van der Waals surface area contributed by atoms with Crippen molar-refractivity contribution in [2.45, 2.75) is 62.6 Å². The highest BCUT2D eigenvalue weighted by Gasteiger charge is 2.30. The molecule has 0 spiro atoms. The second-order valence-corrected chi connectivity index (χ2v) is 13.3.